The Morgan fingerprint density at radius 3 is 2.27 bits per heavy atom. The van der Waals surface area contributed by atoms with Gasteiger partial charge in [0.2, 0.25) is 5.91 Å². The van der Waals surface area contributed by atoms with Crippen molar-refractivity contribution in [2.24, 2.45) is 0 Å². The number of benzene rings is 1. The molecule has 2 N–H and O–H groups in total. The lowest BCUT2D eigenvalue weighted by molar-refractivity contribution is -0.166. The van der Waals surface area contributed by atoms with Gasteiger partial charge in [-0.3, -0.25) is 4.79 Å². The Hall–Kier alpha value is -1.95. The van der Waals surface area contributed by atoms with Crippen LogP contribution < -0.4 is 0 Å². The van der Waals surface area contributed by atoms with Gasteiger partial charge in [-0.1, -0.05) is 18.2 Å². The molecular formula is C16H20FNO4. The van der Waals surface area contributed by atoms with Crippen molar-refractivity contribution in [2.45, 2.75) is 37.7 Å². The fourth-order valence-corrected chi connectivity index (χ4v) is 2.77. The molecule has 1 aromatic carbocycles. The van der Waals surface area contributed by atoms with E-state index >= 15 is 0 Å². The van der Waals surface area contributed by atoms with E-state index in [-0.39, 0.29) is 31.8 Å². The molecule has 0 radical (unpaired) electrons. The lowest BCUT2D eigenvalue weighted by Gasteiger charge is -2.39. The van der Waals surface area contributed by atoms with Gasteiger partial charge in [-0.15, -0.1) is 0 Å². The molecule has 2 rings (SSSR count). The topological polar surface area (TPSA) is 77.8 Å². The molecule has 22 heavy (non-hydrogen) atoms. The van der Waals surface area contributed by atoms with Gasteiger partial charge in [0, 0.05) is 31.5 Å². The minimum atomic E-state index is -1.78. The number of carbonyl (C=O) groups excluding carboxylic acids is 1. The summed E-state index contributed by atoms with van der Waals surface area (Å²) >= 11 is 0. The summed E-state index contributed by atoms with van der Waals surface area (Å²) in [5.41, 5.74) is -2.53. The second-order valence-corrected chi connectivity index (χ2v) is 6.23. The number of aliphatic carboxylic acids is 1. The third kappa shape index (κ3) is 2.83. The summed E-state index contributed by atoms with van der Waals surface area (Å²) < 4.78 is 14.0. The maximum absolute atomic E-state index is 14.0. The molecule has 1 aliphatic rings. The Morgan fingerprint density at radius 1 is 1.23 bits per heavy atom. The van der Waals surface area contributed by atoms with Gasteiger partial charge in [-0.2, -0.15) is 0 Å². The molecular weight excluding hydrogens is 289 g/mol. The second kappa shape index (κ2) is 5.68. The Labute approximate surface area is 128 Å². The number of piperidine rings is 1. The first-order valence-corrected chi connectivity index (χ1v) is 7.18. The van der Waals surface area contributed by atoms with Gasteiger partial charge in [0.25, 0.3) is 0 Å². The molecule has 0 bridgehead atoms. The third-order valence-corrected chi connectivity index (χ3v) is 4.36. The first-order valence-electron chi connectivity index (χ1n) is 7.18. The molecule has 0 unspecified atom stereocenters. The van der Waals surface area contributed by atoms with E-state index in [1.807, 2.05) is 0 Å². The lowest BCUT2D eigenvalue weighted by atomic mass is 9.81. The van der Waals surface area contributed by atoms with Crippen LogP contribution in [0.15, 0.2) is 24.3 Å². The van der Waals surface area contributed by atoms with Crippen LogP contribution in [0.1, 0.15) is 32.3 Å². The first-order chi connectivity index (χ1) is 10.2. The maximum atomic E-state index is 14.0. The highest BCUT2D eigenvalue weighted by atomic mass is 19.1. The van der Waals surface area contributed by atoms with E-state index in [4.69, 9.17) is 5.11 Å². The summed E-state index contributed by atoms with van der Waals surface area (Å²) in [4.78, 5) is 25.2. The molecule has 0 aliphatic carbocycles. The van der Waals surface area contributed by atoms with Gasteiger partial charge >= 0.3 is 5.97 Å². The molecule has 120 valence electrons. The molecule has 0 aromatic heterocycles. The second-order valence-electron chi connectivity index (χ2n) is 6.23. The number of hydrogen-bond acceptors (Lipinski definition) is 3. The molecule has 1 aliphatic heterocycles. The van der Waals surface area contributed by atoms with Crippen LogP contribution in [0, 0.1) is 5.82 Å². The van der Waals surface area contributed by atoms with Gasteiger partial charge in [0.05, 0.1) is 5.41 Å². The van der Waals surface area contributed by atoms with Crippen molar-refractivity contribution in [1.29, 1.82) is 0 Å². The SMILES string of the molecule is CC(C)(C(=O)N1CCC(O)(C(=O)O)CC1)c1ccccc1F. The Bertz CT molecular complexity index is 592. The summed E-state index contributed by atoms with van der Waals surface area (Å²) in [5, 5.41) is 18.9. The minimum Gasteiger partial charge on any atom is -0.479 e. The quantitative estimate of drug-likeness (QED) is 0.888. The number of amides is 1. The van der Waals surface area contributed by atoms with Crippen LogP contribution in [0.2, 0.25) is 0 Å². The Morgan fingerprint density at radius 2 is 1.77 bits per heavy atom. The van der Waals surface area contributed by atoms with Crippen LogP contribution in [0.25, 0.3) is 0 Å². The van der Waals surface area contributed by atoms with Crippen LogP contribution >= 0.6 is 0 Å². The van der Waals surface area contributed by atoms with E-state index < -0.39 is 22.8 Å². The largest absolute Gasteiger partial charge is 0.479 e. The summed E-state index contributed by atoms with van der Waals surface area (Å²) in [6.45, 7) is 3.57. The van der Waals surface area contributed by atoms with Crippen molar-refractivity contribution in [3.63, 3.8) is 0 Å². The normalized spacial score (nSPS) is 18.1. The average Bonchev–Trinajstić information content (AvgIpc) is 2.47. The fourth-order valence-electron chi connectivity index (χ4n) is 2.77. The first kappa shape index (κ1) is 16.4. The number of aliphatic hydroxyl groups is 1. The number of halogens is 1. The highest BCUT2D eigenvalue weighted by Crippen LogP contribution is 2.31. The van der Waals surface area contributed by atoms with Crippen LogP contribution in [0.3, 0.4) is 0 Å². The Kier molecular flexibility index (Phi) is 4.24. The molecule has 1 heterocycles. The average molecular weight is 309 g/mol. The zero-order valence-corrected chi connectivity index (χ0v) is 12.7. The van der Waals surface area contributed by atoms with Crippen LogP contribution in [-0.2, 0) is 15.0 Å². The number of nitrogens with zero attached hydrogens (tertiary/aromatic N) is 1. The molecule has 5 nitrogen and oxygen atoms in total. The van der Waals surface area contributed by atoms with Crippen molar-refractivity contribution in [2.75, 3.05) is 13.1 Å². The van der Waals surface area contributed by atoms with Gasteiger partial charge in [0.1, 0.15) is 5.82 Å². The molecule has 1 aromatic rings. The van der Waals surface area contributed by atoms with Crippen molar-refractivity contribution >= 4 is 11.9 Å². The van der Waals surface area contributed by atoms with E-state index in [9.17, 15) is 19.1 Å². The van der Waals surface area contributed by atoms with Crippen molar-refractivity contribution in [3.8, 4) is 0 Å². The summed E-state index contributed by atoms with van der Waals surface area (Å²) in [6, 6.07) is 6.12. The summed E-state index contributed by atoms with van der Waals surface area (Å²) in [7, 11) is 0. The molecule has 1 fully saturated rings. The predicted octanol–water partition coefficient (Wildman–Crippen LogP) is 1.54. The Balaban J connectivity index is 2.16. The standard InChI is InChI=1S/C16H20FNO4/c1-15(2,11-5-3-4-6-12(11)17)13(19)18-9-7-16(22,8-10-18)14(20)21/h3-6,22H,7-10H2,1-2H3,(H,20,21). The van der Waals surface area contributed by atoms with Crippen LogP contribution in [0.5, 0.6) is 0 Å². The summed E-state index contributed by atoms with van der Waals surface area (Å²) in [6.07, 6.45) is -0.0527. The molecule has 0 atom stereocenters. The monoisotopic (exact) mass is 309 g/mol. The predicted molar refractivity (Wildman–Crippen MR) is 77.8 cm³/mol. The van der Waals surface area contributed by atoms with Gasteiger partial charge < -0.3 is 15.1 Å². The van der Waals surface area contributed by atoms with Gasteiger partial charge in [-0.05, 0) is 19.9 Å². The van der Waals surface area contributed by atoms with E-state index in [0.717, 1.165) is 0 Å². The number of carboxylic acids is 1. The molecule has 0 saturated carbocycles. The van der Waals surface area contributed by atoms with Crippen LogP contribution in [-0.4, -0.2) is 45.7 Å². The van der Waals surface area contributed by atoms with E-state index in [1.54, 1.807) is 32.0 Å². The lowest BCUT2D eigenvalue weighted by Crippen LogP contribution is -2.54. The number of hydrogen-bond donors (Lipinski definition) is 2. The van der Waals surface area contributed by atoms with Crippen LogP contribution in [0.4, 0.5) is 4.39 Å². The molecule has 1 saturated heterocycles. The zero-order valence-electron chi connectivity index (χ0n) is 12.7. The zero-order chi connectivity index (χ0) is 16.5. The molecule has 6 heteroatoms. The minimum absolute atomic E-state index is 0.0264. The highest BCUT2D eigenvalue weighted by molar-refractivity contribution is 5.88. The number of carboxylic acid groups (broad SMARTS) is 1. The van der Waals surface area contributed by atoms with Crippen molar-refractivity contribution in [1.82, 2.24) is 4.90 Å². The van der Waals surface area contributed by atoms with Crippen molar-refractivity contribution in [3.05, 3.63) is 35.6 Å². The molecule has 1 amide bonds. The number of rotatable bonds is 3. The highest BCUT2D eigenvalue weighted by Gasteiger charge is 2.43. The maximum Gasteiger partial charge on any atom is 0.335 e. The van der Waals surface area contributed by atoms with E-state index in [2.05, 4.69) is 0 Å². The molecule has 0 spiro atoms. The number of carbonyl (C=O) groups is 2. The van der Waals surface area contributed by atoms with E-state index in [0.29, 0.717) is 5.56 Å². The fraction of sp³-hybridized carbons (Fsp3) is 0.500. The van der Waals surface area contributed by atoms with Crippen molar-refractivity contribution < 1.29 is 24.2 Å². The summed E-state index contributed by atoms with van der Waals surface area (Å²) in [5.74, 6) is -1.99. The third-order valence-electron chi connectivity index (χ3n) is 4.36. The smallest absolute Gasteiger partial charge is 0.335 e. The number of likely N-dealkylation sites (tertiary alicyclic amines) is 1. The van der Waals surface area contributed by atoms with Gasteiger partial charge in [0.15, 0.2) is 5.60 Å². The van der Waals surface area contributed by atoms with Gasteiger partial charge in [-0.25, -0.2) is 9.18 Å². The van der Waals surface area contributed by atoms with E-state index in [1.165, 1.54) is 11.0 Å².